The summed E-state index contributed by atoms with van der Waals surface area (Å²) in [6.07, 6.45) is 2.08. The summed E-state index contributed by atoms with van der Waals surface area (Å²) in [7, 11) is 0. The number of rotatable bonds is 3. The summed E-state index contributed by atoms with van der Waals surface area (Å²) in [5.74, 6) is 0. The largest absolute Gasteiger partial charge is 0.398 e. The van der Waals surface area contributed by atoms with Gasteiger partial charge in [-0.2, -0.15) is 0 Å². The zero-order valence-corrected chi connectivity index (χ0v) is 10.4. The minimum atomic E-state index is -0.781. The first-order valence-electron chi connectivity index (χ1n) is 4.67. The van der Waals surface area contributed by atoms with Gasteiger partial charge in [0.2, 0.25) is 0 Å². The van der Waals surface area contributed by atoms with Crippen LogP contribution in [0.1, 0.15) is 20.3 Å². The molecule has 1 rings (SSSR count). The molecule has 1 aromatic heterocycles. The van der Waals surface area contributed by atoms with Crippen molar-refractivity contribution in [3.8, 4) is 0 Å². The minimum absolute atomic E-state index is 0.131. The standard InChI is InChI=1S/C10H15BrN2O2/c1-10(2,15)3-4-13-6-7(12)5-8(11)9(13)14/h5-6,15H,3-4,12H2,1-2H3. The first kappa shape index (κ1) is 12.3. The second-order valence-corrected chi connectivity index (χ2v) is 5.04. The summed E-state index contributed by atoms with van der Waals surface area (Å²) in [6.45, 7) is 3.87. The molecular weight excluding hydrogens is 260 g/mol. The number of anilines is 1. The van der Waals surface area contributed by atoms with Gasteiger partial charge in [0.1, 0.15) is 0 Å². The Bertz CT molecular complexity index is 407. The SMILES string of the molecule is CC(C)(O)CCn1cc(N)cc(Br)c1=O. The van der Waals surface area contributed by atoms with Crippen molar-refractivity contribution in [2.24, 2.45) is 0 Å². The lowest BCUT2D eigenvalue weighted by Gasteiger charge is -2.17. The number of halogens is 1. The average molecular weight is 275 g/mol. The van der Waals surface area contributed by atoms with Crippen molar-refractivity contribution in [2.45, 2.75) is 32.4 Å². The van der Waals surface area contributed by atoms with E-state index in [0.717, 1.165) is 0 Å². The third-order valence-corrected chi connectivity index (χ3v) is 2.60. The Morgan fingerprint density at radius 1 is 1.60 bits per heavy atom. The van der Waals surface area contributed by atoms with Crippen LogP contribution in [-0.2, 0) is 6.54 Å². The molecule has 0 aliphatic heterocycles. The number of aryl methyl sites for hydroxylation is 1. The third-order valence-electron chi connectivity index (χ3n) is 2.03. The van der Waals surface area contributed by atoms with Crippen LogP contribution in [-0.4, -0.2) is 15.3 Å². The Morgan fingerprint density at radius 2 is 2.20 bits per heavy atom. The molecular formula is C10H15BrN2O2. The fourth-order valence-electron chi connectivity index (χ4n) is 1.18. The maximum absolute atomic E-state index is 11.6. The molecule has 0 atom stereocenters. The molecule has 5 heteroatoms. The van der Waals surface area contributed by atoms with Crippen molar-refractivity contribution in [1.29, 1.82) is 0 Å². The highest BCUT2D eigenvalue weighted by molar-refractivity contribution is 9.10. The van der Waals surface area contributed by atoms with Crippen LogP contribution in [0.25, 0.3) is 0 Å². The summed E-state index contributed by atoms with van der Waals surface area (Å²) in [5, 5.41) is 9.55. The molecule has 0 bridgehead atoms. The van der Waals surface area contributed by atoms with Gasteiger partial charge in [0.05, 0.1) is 10.1 Å². The summed E-state index contributed by atoms with van der Waals surface area (Å²) in [6, 6.07) is 1.57. The lowest BCUT2D eigenvalue weighted by molar-refractivity contribution is 0.0659. The molecule has 0 aliphatic rings. The van der Waals surface area contributed by atoms with E-state index in [-0.39, 0.29) is 5.56 Å². The van der Waals surface area contributed by atoms with E-state index in [9.17, 15) is 9.90 Å². The van der Waals surface area contributed by atoms with Crippen molar-refractivity contribution in [3.63, 3.8) is 0 Å². The normalized spacial score (nSPS) is 11.7. The topological polar surface area (TPSA) is 68.2 Å². The molecule has 0 spiro atoms. The van der Waals surface area contributed by atoms with Crippen molar-refractivity contribution >= 4 is 21.6 Å². The monoisotopic (exact) mass is 274 g/mol. The van der Waals surface area contributed by atoms with E-state index < -0.39 is 5.60 Å². The molecule has 4 nitrogen and oxygen atoms in total. The highest BCUT2D eigenvalue weighted by Crippen LogP contribution is 2.11. The van der Waals surface area contributed by atoms with Gasteiger partial charge in [0, 0.05) is 18.4 Å². The number of hydrogen-bond donors (Lipinski definition) is 2. The molecule has 1 heterocycles. The van der Waals surface area contributed by atoms with Gasteiger partial charge in [-0.15, -0.1) is 0 Å². The van der Waals surface area contributed by atoms with Crippen LogP contribution in [0.2, 0.25) is 0 Å². The molecule has 0 amide bonds. The predicted octanol–water partition coefficient (Wildman–Crippen LogP) is 1.35. The van der Waals surface area contributed by atoms with E-state index in [0.29, 0.717) is 23.1 Å². The molecule has 84 valence electrons. The summed E-state index contributed by atoms with van der Waals surface area (Å²) in [4.78, 5) is 11.6. The van der Waals surface area contributed by atoms with Crippen molar-refractivity contribution in [2.75, 3.05) is 5.73 Å². The van der Waals surface area contributed by atoms with E-state index in [4.69, 9.17) is 5.73 Å². The van der Waals surface area contributed by atoms with Crippen LogP contribution in [0.4, 0.5) is 5.69 Å². The third kappa shape index (κ3) is 3.68. The molecule has 0 saturated carbocycles. The van der Waals surface area contributed by atoms with Crippen LogP contribution in [0, 0.1) is 0 Å². The van der Waals surface area contributed by atoms with Crippen LogP contribution in [0.3, 0.4) is 0 Å². The first-order valence-corrected chi connectivity index (χ1v) is 5.47. The molecule has 0 aliphatic carbocycles. The number of aliphatic hydroxyl groups is 1. The summed E-state index contributed by atoms with van der Waals surface area (Å²) < 4.78 is 1.94. The number of aromatic nitrogens is 1. The first-order chi connectivity index (χ1) is 6.79. The predicted molar refractivity (Wildman–Crippen MR) is 63.7 cm³/mol. The van der Waals surface area contributed by atoms with E-state index in [2.05, 4.69) is 15.9 Å². The zero-order chi connectivity index (χ0) is 11.6. The summed E-state index contributed by atoms with van der Waals surface area (Å²) >= 11 is 3.14. The molecule has 0 unspecified atom stereocenters. The van der Waals surface area contributed by atoms with Gasteiger partial charge in [-0.05, 0) is 42.3 Å². The van der Waals surface area contributed by atoms with E-state index in [1.54, 1.807) is 26.1 Å². The van der Waals surface area contributed by atoms with Crippen LogP contribution >= 0.6 is 15.9 Å². The number of nitrogen functional groups attached to an aromatic ring is 1. The molecule has 0 fully saturated rings. The lowest BCUT2D eigenvalue weighted by Crippen LogP contribution is -2.27. The molecule has 1 aromatic rings. The molecule has 15 heavy (non-hydrogen) atoms. The van der Waals surface area contributed by atoms with E-state index >= 15 is 0 Å². The Kier molecular flexibility index (Phi) is 3.57. The van der Waals surface area contributed by atoms with E-state index in [1.165, 1.54) is 4.57 Å². The van der Waals surface area contributed by atoms with Gasteiger partial charge >= 0.3 is 0 Å². The van der Waals surface area contributed by atoms with Crippen molar-refractivity contribution in [1.82, 2.24) is 4.57 Å². The van der Waals surface area contributed by atoms with Gasteiger partial charge in [-0.25, -0.2) is 0 Å². The van der Waals surface area contributed by atoms with Crippen molar-refractivity contribution in [3.05, 3.63) is 27.1 Å². The van der Waals surface area contributed by atoms with Gasteiger partial charge in [-0.3, -0.25) is 4.79 Å². The minimum Gasteiger partial charge on any atom is -0.398 e. The zero-order valence-electron chi connectivity index (χ0n) is 8.83. The molecule has 0 aromatic carbocycles. The van der Waals surface area contributed by atoms with E-state index in [1.807, 2.05) is 0 Å². The quantitative estimate of drug-likeness (QED) is 0.875. The number of hydrogen-bond acceptors (Lipinski definition) is 3. The van der Waals surface area contributed by atoms with Gasteiger partial charge in [0.15, 0.2) is 0 Å². The Labute approximate surface area is 96.8 Å². The van der Waals surface area contributed by atoms with Gasteiger partial charge in [0.25, 0.3) is 5.56 Å². The Balaban J connectivity index is 2.91. The number of nitrogens with two attached hydrogens (primary N) is 1. The highest BCUT2D eigenvalue weighted by atomic mass is 79.9. The second kappa shape index (κ2) is 4.37. The smallest absolute Gasteiger partial charge is 0.264 e. The van der Waals surface area contributed by atoms with Crippen LogP contribution in [0.5, 0.6) is 0 Å². The van der Waals surface area contributed by atoms with Crippen molar-refractivity contribution < 1.29 is 5.11 Å². The van der Waals surface area contributed by atoms with Gasteiger partial charge < -0.3 is 15.4 Å². The van der Waals surface area contributed by atoms with Crippen LogP contribution in [0.15, 0.2) is 21.5 Å². The van der Waals surface area contributed by atoms with Gasteiger partial charge in [-0.1, -0.05) is 0 Å². The second-order valence-electron chi connectivity index (χ2n) is 4.18. The fourth-order valence-corrected chi connectivity index (χ4v) is 1.67. The average Bonchev–Trinajstić information content (AvgIpc) is 2.07. The number of pyridine rings is 1. The number of nitrogens with zero attached hydrogens (tertiary/aromatic N) is 1. The maximum atomic E-state index is 11.6. The fraction of sp³-hybridized carbons (Fsp3) is 0.500. The summed E-state index contributed by atoms with van der Waals surface area (Å²) in [5.41, 5.74) is 5.23. The molecule has 3 N–H and O–H groups in total. The highest BCUT2D eigenvalue weighted by Gasteiger charge is 2.13. The Morgan fingerprint density at radius 3 is 2.73 bits per heavy atom. The molecule has 0 radical (unpaired) electrons. The van der Waals surface area contributed by atoms with Crippen LogP contribution < -0.4 is 11.3 Å². The molecule has 0 saturated heterocycles. The Hall–Kier alpha value is -0.810. The lowest BCUT2D eigenvalue weighted by atomic mass is 10.1. The maximum Gasteiger partial charge on any atom is 0.264 e.